The zero-order valence-electron chi connectivity index (χ0n) is 11.0. The first-order valence-electron chi connectivity index (χ1n) is 6.98. The Morgan fingerprint density at radius 1 is 1.05 bits per heavy atom. The van der Waals surface area contributed by atoms with Gasteiger partial charge in [-0.2, -0.15) is 5.10 Å². The summed E-state index contributed by atoms with van der Waals surface area (Å²) in [5, 5.41) is 4.39. The maximum Gasteiger partial charge on any atom is 0.141 e. The molecule has 1 atom stereocenters. The minimum absolute atomic E-state index is 0.0187. The van der Waals surface area contributed by atoms with Gasteiger partial charge in [-0.3, -0.25) is 4.79 Å². The van der Waals surface area contributed by atoms with E-state index >= 15 is 0 Å². The van der Waals surface area contributed by atoms with E-state index in [2.05, 4.69) is 5.10 Å². The fourth-order valence-electron chi connectivity index (χ4n) is 2.83. The summed E-state index contributed by atoms with van der Waals surface area (Å²) in [6, 6.07) is 12.0. The number of carbonyl (C=O) groups is 1. The molecule has 98 valence electrons. The van der Waals surface area contributed by atoms with Gasteiger partial charge in [-0.15, -0.1) is 0 Å². The summed E-state index contributed by atoms with van der Waals surface area (Å²) in [5.41, 5.74) is 2.07. The number of rotatable bonds is 2. The van der Waals surface area contributed by atoms with Crippen molar-refractivity contribution in [3.8, 4) is 5.69 Å². The average molecular weight is 254 g/mol. The largest absolute Gasteiger partial charge is 0.299 e. The van der Waals surface area contributed by atoms with Gasteiger partial charge in [-0.1, -0.05) is 31.0 Å². The number of aromatic nitrogens is 2. The number of para-hydroxylation sites is 1. The van der Waals surface area contributed by atoms with E-state index in [1.807, 2.05) is 41.1 Å². The summed E-state index contributed by atoms with van der Waals surface area (Å²) in [7, 11) is 0. The number of hydrogen-bond donors (Lipinski definition) is 0. The van der Waals surface area contributed by atoms with E-state index in [0.717, 1.165) is 30.6 Å². The van der Waals surface area contributed by atoms with E-state index in [9.17, 15) is 4.79 Å². The van der Waals surface area contributed by atoms with E-state index in [1.165, 1.54) is 6.42 Å². The Balaban J connectivity index is 1.97. The highest BCUT2D eigenvalue weighted by Gasteiger charge is 2.25. The third-order valence-electron chi connectivity index (χ3n) is 3.83. The molecule has 3 nitrogen and oxygen atoms in total. The first-order chi connectivity index (χ1) is 9.36. The molecule has 0 aliphatic heterocycles. The average Bonchev–Trinajstić information content (AvgIpc) is 2.83. The summed E-state index contributed by atoms with van der Waals surface area (Å²) in [4.78, 5) is 12.3. The van der Waals surface area contributed by atoms with Gasteiger partial charge in [0.1, 0.15) is 5.78 Å². The summed E-state index contributed by atoms with van der Waals surface area (Å²) >= 11 is 0. The van der Waals surface area contributed by atoms with Crippen LogP contribution in [-0.2, 0) is 4.79 Å². The minimum Gasteiger partial charge on any atom is -0.299 e. The topological polar surface area (TPSA) is 34.9 Å². The van der Waals surface area contributed by atoms with Gasteiger partial charge in [0, 0.05) is 12.6 Å². The highest BCUT2D eigenvalue weighted by molar-refractivity contribution is 5.85. The Hall–Kier alpha value is -1.90. The van der Waals surface area contributed by atoms with Crippen molar-refractivity contribution in [1.82, 2.24) is 9.78 Å². The van der Waals surface area contributed by atoms with Crippen molar-refractivity contribution < 1.29 is 4.79 Å². The van der Waals surface area contributed by atoms with E-state index in [0.29, 0.717) is 12.2 Å². The number of Topliss-reactive ketones (excluding diaryl/α,β-unsaturated/α-hetero) is 1. The minimum atomic E-state index is 0.0187. The van der Waals surface area contributed by atoms with Gasteiger partial charge < -0.3 is 0 Å². The highest BCUT2D eigenvalue weighted by atomic mass is 16.1. The van der Waals surface area contributed by atoms with E-state index in [4.69, 9.17) is 0 Å². The van der Waals surface area contributed by atoms with Crippen LogP contribution in [0.4, 0.5) is 0 Å². The molecular formula is C16H18N2O. The van der Waals surface area contributed by atoms with Gasteiger partial charge in [0.05, 0.1) is 17.3 Å². The van der Waals surface area contributed by atoms with Crippen molar-refractivity contribution in [3.05, 3.63) is 48.3 Å². The maximum absolute atomic E-state index is 12.3. The Morgan fingerprint density at radius 2 is 1.89 bits per heavy atom. The predicted molar refractivity (Wildman–Crippen MR) is 74.4 cm³/mol. The monoisotopic (exact) mass is 254 g/mol. The zero-order chi connectivity index (χ0) is 13.1. The van der Waals surface area contributed by atoms with Crippen LogP contribution in [0.2, 0.25) is 0 Å². The van der Waals surface area contributed by atoms with Crippen molar-refractivity contribution in [2.75, 3.05) is 0 Å². The third kappa shape index (κ3) is 2.46. The lowest BCUT2D eigenvalue weighted by atomic mass is 9.95. The molecule has 1 unspecified atom stereocenters. The van der Waals surface area contributed by atoms with Crippen molar-refractivity contribution in [2.24, 2.45) is 0 Å². The molecule has 1 fully saturated rings. The van der Waals surface area contributed by atoms with Gasteiger partial charge in [0.2, 0.25) is 0 Å². The number of hydrogen-bond acceptors (Lipinski definition) is 2. The molecule has 3 rings (SSSR count). The van der Waals surface area contributed by atoms with Gasteiger partial charge in [-0.05, 0) is 31.0 Å². The molecule has 0 radical (unpaired) electrons. The van der Waals surface area contributed by atoms with Crippen molar-refractivity contribution >= 4 is 5.78 Å². The Labute approximate surface area is 113 Å². The first kappa shape index (κ1) is 12.2. The molecule has 1 aliphatic carbocycles. The van der Waals surface area contributed by atoms with Crippen LogP contribution in [0.1, 0.15) is 43.7 Å². The predicted octanol–water partition coefficient (Wildman–Crippen LogP) is 3.49. The van der Waals surface area contributed by atoms with Crippen LogP contribution in [0.15, 0.2) is 42.6 Å². The zero-order valence-corrected chi connectivity index (χ0v) is 11.0. The smallest absolute Gasteiger partial charge is 0.141 e. The van der Waals surface area contributed by atoms with Crippen molar-refractivity contribution in [2.45, 2.75) is 38.0 Å². The quantitative estimate of drug-likeness (QED) is 0.769. The Kier molecular flexibility index (Phi) is 3.45. The number of nitrogens with zero attached hydrogens (tertiary/aromatic N) is 2. The van der Waals surface area contributed by atoms with Crippen LogP contribution in [0.5, 0.6) is 0 Å². The molecule has 3 heteroatoms. The summed E-state index contributed by atoms with van der Waals surface area (Å²) in [6.07, 6.45) is 6.80. The Morgan fingerprint density at radius 3 is 2.74 bits per heavy atom. The molecule has 1 aromatic heterocycles. The maximum atomic E-state index is 12.3. The highest BCUT2D eigenvalue weighted by Crippen LogP contribution is 2.30. The Bertz CT molecular complexity index is 559. The second-order valence-corrected chi connectivity index (χ2v) is 5.12. The molecule has 1 saturated carbocycles. The van der Waals surface area contributed by atoms with E-state index < -0.39 is 0 Å². The fraction of sp³-hybridized carbons (Fsp3) is 0.375. The third-order valence-corrected chi connectivity index (χ3v) is 3.83. The standard InChI is InChI=1S/C16H18N2O/c19-16-10-6-2-5-9-14(16)15-11-12-17-18(15)13-7-3-1-4-8-13/h1,3-4,7-8,11-12,14H,2,5-6,9-10H2. The SMILES string of the molecule is O=C1CCCCCC1c1ccnn1-c1ccccc1. The van der Waals surface area contributed by atoms with E-state index in [1.54, 1.807) is 6.20 Å². The molecular weight excluding hydrogens is 236 g/mol. The molecule has 1 aromatic carbocycles. The second kappa shape index (κ2) is 5.39. The molecule has 1 aliphatic rings. The van der Waals surface area contributed by atoms with Gasteiger partial charge in [-0.25, -0.2) is 4.68 Å². The summed E-state index contributed by atoms with van der Waals surface area (Å²) in [5.74, 6) is 0.389. The van der Waals surface area contributed by atoms with Gasteiger partial charge in [0.15, 0.2) is 0 Å². The van der Waals surface area contributed by atoms with Crippen molar-refractivity contribution in [1.29, 1.82) is 0 Å². The van der Waals surface area contributed by atoms with Crippen LogP contribution in [0.3, 0.4) is 0 Å². The molecule has 2 aromatic rings. The molecule has 0 bridgehead atoms. The van der Waals surface area contributed by atoms with Crippen LogP contribution < -0.4 is 0 Å². The first-order valence-corrected chi connectivity index (χ1v) is 6.98. The molecule has 1 heterocycles. The lowest BCUT2D eigenvalue weighted by Crippen LogP contribution is -2.15. The molecule has 0 saturated heterocycles. The number of carbonyl (C=O) groups excluding carboxylic acids is 1. The van der Waals surface area contributed by atoms with Crippen LogP contribution in [-0.4, -0.2) is 15.6 Å². The lowest BCUT2D eigenvalue weighted by molar-refractivity contribution is -0.120. The van der Waals surface area contributed by atoms with Crippen LogP contribution in [0, 0.1) is 0 Å². The second-order valence-electron chi connectivity index (χ2n) is 5.12. The summed E-state index contributed by atoms with van der Waals surface area (Å²) in [6.45, 7) is 0. The van der Waals surface area contributed by atoms with Crippen molar-refractivity contribution in [3.63, 3.8) is 0 Å². The molecule has 0 N–H and O–H groups in total. The fourth-order valence-corrected chi connectivity index (χ4v) is 2.83. The number of benzene rings is 1. The van der Waals surface area contributed by atoms with Gasteiger partial charge >= 0.3 is 0 Å². The molecule has 0 amide bonds. The van der Waals surface area contributed by atoms with Gasteiger partial charge in [0.25, 0.3) is 0 Å². The lowest BCUT2D eigenvalue weighted by Gasteiger charge is -2.15. The normalized spacial score (nSPS) is 20.2. The molecule has 19 heavy (non-hydrogen) atoms. The van der Waals surface area contributed by atoms with E-state index in [-0.39, 0.29) is 5.92 Å². The van der Waals surface area contributed by atoms with Crippen LogP contribution in [0.25, 0.3) is 5.69 Å². The molecule has 0 spiro atoms. The number of ketones is 1. The van der Waals surface area contributed by atoms with Crippen LogP contribution >= 0.6 is 0 Å². The summed E-state index contributed by atoms with van der Waals surface area (Å²) < 4.78 is 1.91.